The van der Waals surface area contributed by atoms with Crippen molar-refractivity contribution in [2.45, 2.75) is 50.5 Å². The van der Waals surface area contributed by atoms with Gasteiger partial charge in [-0.05, 0) is 26.2 Å². The Morgan fingerprint density at radius 1 is 1.13 bits per heavy atom. The van der Waals surface area contributed by atoms with Gasteiger partial charge in [0.25, 0.3) is 0 Å². The molecular formula is C13H23NO9. The number of aliphatic carboxylic acids is 2. The number of carbonyl (C=O) groups is 3. The molecule has 1 aliphatic rings. The average Bonchev–Trinajstić information content (AvgIpc) is 2.49. The minimum Gasteiger partial charge on any atom is -0.479 e. The fraction of sp³-hybridized carbons (Fsp3) is 0.769. The predicted molar refractivity (Wildman–Crippen MR) is 75.2 cm³/mol. The van der Waals surface area contributed by atoms with E-state index in [1.54, 1.807) is 6.92 Å². The van der Waals surface area contributed by atoms with E-state index in [4.69, 9.17) is 30.9 Å². The molecule has 0 radical (unpaired) electrons. The molecule has 0 saturated heterocycles. The van der Waals surface area contributed by atoms with Gasteiger partial charge in [0, 0.05) is 6.04 Å². The van der Waals surface area contributed by atoms with E-state index in [0.717, 1.165) is 0 Å². The number of hydrogen-bond acceptors (Lipinski definition) is 8. The van der Waals surface area contributed by atoms with Gasteiger partial charge in [0.2, 0.25) is 0 Å². The topological polar surface area (TPSA) is 188 Å². The van der Waals surface area contributed by atoms with Gasteiger partial charge in [0.1, 0.15) is 0 Å². The van der Waals surface area contributed by atoms with Crippen LogP contribution in [0.2, 0.25) is 0 Å². The van der Waals surface area contributed by atoms with Crippen molar-refractivity contribution in [2.75, 3.05) is 6.61 Å². The number of nitrogens with two attached hydrogens (primary N) is 1. The molecule has 1 fully saturated rings. The van der Waals surface area contributed by atoms with Gasteiger partial charge in [-0.2, -0.15) is 0 Å². The molecule has 1 aliphatic carbocycles. The summed E-state index contributed by atoms with van der Waals surface area (Å²) < 4.78 is 4.89. The van der Waals surface area contributed by atoms with Crippen molar-refractivity contribution in [2.24, 2.45) is 11.7 Å². The average molecular weight is 337 g/mol. The molecule has 7 N–H and O–H groups in total. The molecule has 0 aromatic heterocycles. The summed E-state index contributed by atoms with van der Waals surface area (Å²) in [5, 5.41) is 41.9. The van der Waals surface area contributed by atoms with Crippen LogP contribution in [-0.2, 0) is 19.1 Å². The lowest BCUT2D eigenvalue weighted by atomic mass is 9.84. The third-order valence-corrected chi connectivity index (χ3v) is 3.29. The molecule has 23 heavy (non-hydrogen) atoms. The number of carboxylic acid groups (broad SMARTS) is 2. The molecule has 5 atom stereocenters. The highest BCUT2D eigenvalue weighted by Gasteiger charge is 2.31. The fourth-order valence-electron chi connectivity index (χ4n) is 1.93. The van der Waals surface area contributed by atoms with Crippen molar-refractivity contribution in [3.05, 3.63) is 0 Å². The molecule has 10 nitrogen and oxygen atoms in total. The Balaban J connectivity index is 0.000000438. The molecule has 0 aliphatic heterocycles. The number of ether oxygens (including phenoxy) is 1. The summed E-state index contributed by atoms with van der Waals surface area (Å²) in [5.74, 6) is -3.83. The lowest BCUT2D eigenvalue weighted by Gasteiger charge is -2.29. The monoisotopic (exact) mass is 337 g/mol. The molecule has 0 amide bonds. The van der Waals surface area contributed by atoms with Crippen molar-refractivity contribution in [1.82, 2.24) is 0 Å². The van der Waals surface area contributed by atoms with Crippen LogP contribution in [0.25, 0.3) is 0 Å². The first kappa shape index (κ1) is 21.2. The molecular weight excluding hydrogens is 314 g/mol. The van der Waals surface area contributed by atoms with Gasteiger partial charge in [-0.15, -0.1) is 0 Å². The maximum atomic E-state index is 11.3. The van der Waals surface area contributed by atoms with Crippen molar-refractivity contribution in [3.8, 4) is 0 Å². The van der Waals surface area contributed by atoms with Crippen molar-refractivity contribution < 1.29 is 44.7 Å². The van der Waals surface area contributed by atoms with E-state index in [2.05, 4.69) is 0 Å². The van der Waals surface area contributed by atoms with Crippen molar-refractivity contribution >= 4 is 17.9 Å². The minimum absolute atomic E-state index is 0.113. The Labute approximate surface area is 132 Å². The quantitative estimate of drug-likeness (QED) is 0.304. The maximum Gasteiger partial charge on any atom is 0.335 e. The van der Waals surface area contributed by atoms with Crippen LogP contribution in [0.1, 0.15) is 26.2 Å². The standard InChI is InChI=1S/C9H17NO3.C4H6O6/c1-2-13-9(12)6-3-4-8(11)7(10)5-6;5-1(3(7)8)2(6)4(9)10/h6-8,11H,2-5,10H2,1H3;1-2,5-6H,(H,7,8)(H,9,10). The summed E-state index contributed by atoms with van der Waals surface area (Å²) in [4.78, 5) is 30.8. The second-order valence-corrected chi connectivity index (χ2v) is 5.06. The third kappa shape index (κ3) is 7.37. The Morgan fingerprint density at radius 2 is 1.61 bits per heavy atom. The summed E-state index contributed by atoms with van der Waals surface area (Å²) in [6.07, 6.45) is -3.15. The van der Waals surface area contributed by atoms with Gasteiger partial charge < -0.3 is 36.0 Å². The van der Waals surface area contributed by atoms with E-state index < -0.39 is 30.3 Å². The molecule has 10 heteroatoms. The molecule has 1 saturated carbocycles. The highest BCUT2D eigenvalue weighted by Crippen LogP contribution is 2.24. The summed E-state index contributed by atoms with van der Waals surface area (Å²) >= 11 is 0. The van der Waals surface area contributed by atoms with Crippen LogP contribution in [0.15, 0.2) is 0 Å². The summed E-state index contributed by atoms with van der Waals surface area (Å²) in [5.41, 5.74) is 5.64. The fourth-order valence-corrected chi connectivity index (χ4v) is 1.93. The Kier molecular flexibility index (Phi) is 9.34. The molecule has 5 unspecified atom stereocenters. The zero-order valence-electron chi connectivity index (χ0n) is 12.7. The first-order chi connectivity index (χ1) is 10.6. The lowest BCUT2D eigenvalue weighted by Crippen LogP contribution is -2.42. The van der Waals surface area contributed by atoms with Gasteiger partial charge >= 0.3 is 17.9 Å². The number of aliphatic hydroxyl groups excluding tert-OH is 3. The zero-order chi connectivity index (χ0) is 18.2. The van der Waals surface area contributed by atoms with E-state index in [1.165, 1.54) is 0 Å². The number of carboxylic acids is 2. The Bertz CT molecular complexity index is 396. The summed E-state index contributed by atoms with van der Waals surface area (Å²) in [6, 6.07) is -0.275. The Hall–Kier alpha value is -1.75. The summed E-state index contributed by atoms with van der Waals surface area (Å²) in [6.45, 7) is 2.20. The van der Waals surface area contributed by atoms with E-state index in [1.807, 2.05) is 0 Å². The number of carbonyl (C=O) groups excluding carboxylic acids is 1. The van der Waals surface area contributed by atoms with E-state index >= 15 is 0 Å². The van der Waals surface area contributed by atoms with Crippen molar-refractivity contribution in [3.63, 3.8) is 0 Å². The summed E-state index contributed by atoms with van der Waals surface area (Å²) in [7, 11) is 0. The van der Waals surface area contributed by atoms with Crippen molar-refractivity contribution in [1.29, 1.82) is 0 Å². The number of esters is 1. The van der Waals surface area contributed by atoms with Gasteiger partial charge in [-0.1, -0.05) is 0 Å². The van der Waals surface area contributed by atoms with Crippen LogP contribution in [0.4, 0.5) is 0 Å². The molecule has 0 aromatic rings. The van der Waals surface area contributed by atoms with Crippen LogP contribution < -0.4 is 5.73 Å². The SMILES string of the molecule is CCOC(=O)C1CCC(O)C(N)C1.O=C(O)C(O)C(O)C(=O)O. The van der Waals surface area contributed by atoms with Crippen LogP contribution in [0.3, 0.4) is 0 Å². The van der Waals surface area contributed by atoms with Crippen LogP contribution in [0.5, 0.6) is 0 Å². The molecule has 1 rings (SSSR count). The first-order valence-electron chi connectivity index (χ1n) is 7.03. The lowest BCUT2D eigenvalue weighted by molar-refractivity contribution is -0.165. The van der Waals surface area contributed by atoms with Gasteiger partial charge in [-0.3, -0.25) is 4.79 Å². The highest BCUT2D eigenvalue weighted by atomic mass is 16.5. The normalized spacial score (nSPS) is 26.2. The van der Waals surface area contributed by atoms with Crippen LogP contribution in [0, 0.1) is 5.92 Å². The maximum absolute atomic E-state index is 11.3. The molecule has 0 spiro atoms. The van der Waals surface area contributed by atoms with E-state index in [9.17, 15) is 19.5 Å². The van der Waals surface area contributed by atoms with E-state index in [-0.39, 0.29) is 17.9 Å². The van der Waals surface area contributed by atoms with Gasteiger partial charge in [-0.25, -0.2) is 9.59 Å². The second-order valence-electron chi connectivity index (χ2n) is 5.06. The second kappa shape index (κ2) is 10.1. The minimum atomic E-state index is -2.27. The number of aliphatic hydroxyl groups is 3. The zero-order valence-corrected chi connectivity index (χ0v) is 12.7. The predicted octanol–water partition coefficient (Wildman–Crippen LogP) is -2.08. The molecule has 134 valence electrons. The first-order valence-corrected chi connectivity index (χ1v) is 7.03. The Morgan fingerprint density at radius 3 is 1.96 bits per heavy atom. The highest BCUT2D eigenvalue weighted by molar-refractivity contribution is 5.83. The molecule has 0 aromatic carbocycles. The van der Waals surface area contributed by atoms with Gasteiger partial charge in [0.05, 0.1) is 18.6 Å². The third-order valence-electron chi connectivity index (χ3n) is 3.29. The van der Waals surface area contributed by atoms with Crippen LogP contribution in [-0.4, -0.2) is 74.4 Å². The number of rotatable bonds is 5. The van der Waals surface area contributed by atoms with Crippen LogP contribution >= 0.6 is 0 Å². The molecule has 0 heterocycles. The largest absolute Gasteiger partial charge is 0.479 e. The number of hydrogen-bond donors (Lipinski definition) is 6. The smallest absolute Gasteiger partial charge is 0.335 e. The molecule has 0 bridgehead atoms. The van der Waals surface area contributed by atoms with E-state index in [0.29, 0.717) is 25.9 Å². The van der Waals surface area contributed by atoms with Gasteiger partial charge in [0.15, 0.2) is 12.2 Å².